The van der Waals surface area contributed by atoms with Crippen LogP contribution in [0.25, 0.3) is 10.9 Å². The van der Waals surface area contributed by atoms with Gasteiger partial charge in [-0.25, -0.2) is 0 Å². The molecule has 0 radical (unpaired) electrons. The molecule has 21 heavy (non-hydrogen) atoms. The minimum Gasteiger partial charge on any atom is -0.388 e. The fourth-order valence-corrected chi connectivity index (χ4v) is 2.56. The molecule has 0 saturated carbocycles. The van der Waals surface area contributed by atoms with Crippen LogP contribution in [0.1, 0.15) is 28.9 Å². The zero-order chi connectivity index (χ0) is 14.9. The quantitative estimate of drug-likeness (QED) is 0.791. The van der Waals surface area contributed by atoms with Gasteiger partial charge >= 0.3 is 0 Å². The van der Waals surface area contributed by atoms with Gasteiger partial charge in [-0.1, -0.05) is 11.6 Å². The molecule has 1 aliphatic heterocycles. The van der Waals surface area contributed by atoms with Gasteiger partial charge in [0.1, 0.15) is 0 Å². The number of carbonyl (C=O) groups is 1. The first-order valence-electron chi connectivity index (χ1n) is 7.10. The largest absolute Gasteiger partial charge is 0.388 e. The van der Waals surface area contributed by atoms with Gasteiger partial charge in [0, 0.05) is 38.0 Å². The molecule has 6 nitrogen and oxygen atoms in total. The van der Waals surface area contributed by atoms with Crippen LogP contribution in [0.5, 0.6) is 0 Å². The second-order valence-corrected chi connectivity index (χ2v) is 5.64. The highest BCUT2D eigenvalue weighted by Crippen LogP contribution is 2.20. The number of hydrogen-bond donors (Lipinski definition) is 3. The lowest BCUT2D eigenvalue weighted by molar-refractivity contribution is -0.0605. The number of nitrogens with one attached hydrogen (secondary N) is 2. The van der Waals surface area contributed by atoms with Crippen molar-refractivity contribution in [2.45, 2.75) is 25.4 Å². The molecule has 1 saturated heterocycles. The zero-order valence-electron chi connectivity index (χ0n) is 12.0. The molecule has 1 amide bonds. The van der Waals surface area contributed by atoms with Gasteiger partial charge in [0.15, 0.2) is 5.69 Å². The van der Waals surface area contributed by atoms with Crippen LogP contribution in [0.2, 0.25) is 0 Å². The molecule has 112 valence electrons. The van der Waals surface area contributed by atoms with E-state index >= 15 is 0 Å². The maximum atomic E-state index is 12.3. The average molecular weight is 289 g/mol. The summed E-state index contributed by atoms with van der Waals surface area (Å²) in [5.41, 5.74) is 1.39. The second-order valence-electron chi connectivity index (χ2n) is 5.64. The van der Waals surface area contributed by atoms with E-state index in [-0.39, 0.29) is 12.5 Å². The molecular weight excluding hydrogens is 270 g/mol. The van der Waals surface area contributed by atoms with Crippen molar-refractivity contribution in [2.24, 2.45) is 0 Å². The van der Waals surface area contributed by atoms with Crippen LogP contribution in [-0.2, 0) is 4.74 Å². The number of carbonyl (C=O) groups excluding carboxylic acids is 1. The van der Waals surface area contributed by atoms with E-state index in [4.69, 9.17) is 4.74 Å². The molecule has 0 unspecified atom stereocenters. The Morgan fingerprint density at radius 2 is 2.24 bits per heavy atom. The predicted octanol–water partition coefficient (Wildman–Crippen LogP) is 1.14. The second kappa shape index (κ2) is 5.46. The van der Waals surface area contributed by atoms with Crippen molar-refractivity contribution in [2.75, 3.05) is 19.8 Å². The summed E-state index contributed by atoms with van der Waals surface area (Å²) in [6, 6.07) is 5.80. The monoisotopic (exact) mass is 289 g/mol. The molecule has 3 rings (SSSR count). The molecule has 1 fully saturated rings. The summed E-state index contributed by atoms with van der Waals surface area (Å²) in [6.07, 6.45) is 1.07. The first-order chi connectivity index (χ1) is 10.1. The number of H-pyrrole nitrogens is 1. The van der Waals surface area contributed by atoms with Crippen molar-refractivity contribution in [3.05, 3.63) is 29.5 Å². The van der Waals surface area contributed by atoms with Crippen LogP contribution >= 0.6 is 0 Å². The summed E-state index contributed by atoms with van der Waals surface area (Å²) in [4.78, 5) is 12.3. The average Bonchev–Trinajstić information content (AvgIpc) is 2.89. The Bertz CT molecular complexity index is 659. The first kappa shape index (κ1) is 14.0. The summed E-state index contributed by atoms with van der Waals surface area (Å²) in [7, 11) is 0. The van der Waals surface area contributed by atoms with E-state index in [1.807, 2.05) is 25.1 Å². The van der Waals surface area contributed by atoms with Gasteiger partial charge in [-0.2, -0.15) is 5.10 Å². The van der Waals surface area contributed by atoms with Crippen LogP contribution < -0.4 is 5.32 Å². The van der Waals surface area contributed by atoms with E-state index in [9.17, 15) is 9.90 Å². The Kier molecular flexibility index (Phi) is 3.65. The number of aliphatic hydroxyl groups is 1. The van der Waals surface area contributed by atoms with Crippen LogP contribution in [-0.4, -0.2) is 46.6 Å². The lowest BCUT2D eigenvalue weighted by Gasteiger charge is -2.31. The fourth-order valence-electron chi connectivity index (χ4n) is 2.56. The number of aromatic amines is 1. The number of aryl methyl sites for hydroxylation is 1. The smallest absolute Gasteiger partial charge is 0.272 e. The standard InChI is InChI=1S/C15H19N3O3/c1-10-2-3-12-11(8-10)13(18-17-12)14(19)16-9-15(20)4-6-21-7-5-15/h2-3,8,20H,4-7,9H2,1H3,(H,16,19)(H,17,18). The number of aromatic nitrogens is 2. The highest BCUT2D eigenvalue weighted by atomic mass is 16.5. The third-order valence-corrected chi connectivity index (χ3v) is 3.93. The number of benzene rings is 1. The van der Waals surface area contributed by atoms with Gasteiger partial charge in [-0.05, 0) is 19.1 Å². The van der Waals surface area contributed by atoms with Crippen LogP contribution in [0.15, 0.2) is 18.2 Å². The van der Waals surface area contributed by atoms with Gasteiger partial charge < -0.3 is 15.2 Å². The Balaban J connectivity index is 1.73. The number of fused-ring (bicyclic) bond motifs is 1. The van der Waals surface area contributed by atoms with Crippen LogP contribution in [0.4, 0.5) is 0 Å². The third kappa shape index (κ3) is 2.91. The summed E-state index contributed by atoms with van der Waals surface area (Å²) in [5.74, 6) is -0.272. The van der Waals surface area contributed by atoms with Gasteiger partial charge in [0.05, 0.1) is 11.1 Å². The van der Waals surface area contributed by atoms with Gasteiger partial charge in [-0.3, -0.25) is 9.89 Å². The Labute approximate surface area is 122 Å². The zero-order valence-corrected chi connectivity index (χ0v) is 12.0. The van der Waals surface area contributed by atoms with E-state index in [0.29, 0.717) is 31.7 Å². The SMILES string of the molecule is Cc1ccc2[nH]nc(C(=O)NCC3(O)CCOCC3)c2c1. The molecular formula is C15H19N3O3. The first-order valence-corrected chi connectivity index (χ1v) is 7.10. The fraction of sp³-hybridized carbons (Fsp3) is 0.467. The van der Waals surface area contributed by atoms with E-state index in [1.54, 1.807) is 0 Å². The molecule has 2 aromatic rings. The molecule has 0 spiro atoms. The minimum atomic E-state index is -0.879. The van der Waals surface area contributed by atoms with Crippen LogP contribution in [0.3, 0.4) is 0 Å². The summed E-state index contributed by atoms with van der Waals surface area (Å²) < 4.78 is 5.22. The molecule has 2 heterocycles. The number of nitrogens with zero attached hydrogens (tertiary/aromatic N) is 1. The molecule has 1 aromatic heterocycles. The highest BCUT2D eigenvalue weighted by molar-refractivity contribution is 6.04. The van der Waals surface area contributed by atoms with Crippen molar-refractivity contribution in [1.29, 1.82) is 0 Å². The van der Waals surface area contributed by atoms with Crippen molar-refractivity contribution >= 4 is 16.8 Å². The molecule has 6 heteroatoms. The topological polar surface area (TPSA) is 87.2 Å². The minimum absolute atomic E-state index is 0.218. The van der Waals surface area contributed by atoms with Gasteiger partial charge in [0.25, 0.3) is 5.91 Å². The van der Waals surface area contributed by atoms with E-state index in [2.05, 4.69) is 15.5 Å². The Hall–Kier alpha value is -1.92. The molecule has 0 aliphatic carbocycles. The maximum Gasteiger partial charge on any atom is 0.272 e. The third-order valence-electron chi connectivity index (χ3n) is 3.93. The molecule has 3 N–H and O–H groups in total. The summed E-state index contributed by atoms with van der Waals surface area (Å²) in [5, 5.41) is 20.9. The lowest BCUT2D eigenvalue weighted by Crippen LogP contribution is -2.46. The molecule has 0 atom stereocenters. The van der Waals surface area contributed by atoms with Crippen molar-refractivity contribution < 1.29 is 14.6 Å². The normalized spacial score (nSPS) is 17.8. The van der Waals surface area contributed by atoms with Crippen molar-refractivity contribution in [3.8, 4) is 0 Å². The van der Waals surface area contributed by atoms with Crippen molar-refractivity contribution in [3.63, 3.8) is 0 Å². The summed E-state index contributed by atoms with van der Waals surface area (Å²) in [6.45, 7) is 3.24. The number of rotatable bonds is 3. The highest BCUT2D eigenvalue weighted by Gasteiger charge is 2.30. The van der Waals surface area contributed by atoms with Gasteiger partial charge in [0.2, 0.25) is 0 Å². The molecule has 1 aromatic carbocycles. The predicted molar refractivity (Wildman–Crippen MR) is 78.2 cm³/mol. The summed E-state index contributed by atoms with van der Waals surface area (Å²) >= 11 is 0. The Morgan fingerprint density at radius 3 is 3.00 bits per heavy atom. The Morgan fingerprint density at radius 1 is 1.48 bits per heavy atom. The molecule has 1 aliphatic rings. The van der Waals surface area contributed by atoms with E-state index in [1.165, 1.54) is 0 Å². The van der Waals surface area contributed by atoms with Gasteiger partial charge in [-0.15, -0.1) is 0 Å². The van der Waals surface area contributed by atoms with Crippen LogP contribution in [0, 0.1) is 6.92 Å². The van der Waals surface area contributed by atoms with E-state index in [0.717, 1.165) is 16.5 Å². The number of ether oxygens (including phenoxy) is 1. The van der Waals surface area contributed by atoms with E-state index < -0.39 is 5.60 Å². The molecule has 0 bridgehead atoms. The number of hydrogen-bond acceptors (Lipinski definition) is 4. The number of amides is 1. The van der Waals surface area contributed by atoms with Crippen molar-refractivity contribution in [1.82, 2.24) is 15.5 Å². The maximum absolute atomic E-state index is 12.3. The lowest BCUT2D eigenvalue weighted by atomic mass is 9.94.